The molecule has 0 unspecified atom stereocenters. The van der Waals surface area contributed by atoms with E-state index in [0.29, 0.717) is 23.9 Å². The van der Waals surface area contributed by atoms with Gasteiger partial charge in [0, 0.05) is 17.8 Å². The van der Waals surface area contributed by atoms with Crippen molar-refractivity contribution in [2.24, 2.45) is 0 Å². The number of nitrogens with zero attached hydrogens (tertiary/aromatic N) is 3. The number of nitrogens with one attached hydrogen (secondary N) is 2. The molecule has 2 aromatic carbocycles. The number of hydrogen-bond acceptors (Lipinski definition) is 5. The Kier molecular flexibility index (Phi) is 4.96. The van der Waals surface area contributed by atoms with E-state index in [1.807, 2.05) is 18.2 Å². The SMILES string of the molecule is CCc1ccccc1Nc1nncc(NCc2ccccc2F)n1. The lowest BCUT2D eigenvalue weighted by Gasteiger charge is -2.10. The van der Waals surface area contributed by atoms with E-state index in [9.17, 15) is 4.39 Å². The number of anilines is 3. The summed E-state index contributed by atoms with van der Waals surface area (Å²) in [5, 5.41) is 14.2. The summed E-state index contributed by atoms with van der Waals surface area (Å²) in [7, 11) is 0. The first-order chi connectivity index (χ1) is 11.8. The van der Waals surface area contributed by atoms with Crippen LogP contribution in [0.5, 0.6) is 0 Å². The van der Waals surface area contributed by atoms with Crippen molar-refractivity contribution in [2.45, 2.75) is 19.9 Å². The van der Waals surface area contributed by atoms with E-state index in [1.54, 1.807) is 18.2 Å². The smallest absolute Gasteiger partial charge is 0.249 e. The normalized spacial score (nSPS) is 10.4. The van der Waals surface area contributed by atoms with E-state index in [-0.39, 0.29) is 5.82 Å². The lowest BCUT2D eigenvalue weighted by atomic mass is 10.1. The summed E-state index contributed by atoms with van der Waals surface area (Å²) < 4.78 is 13.6. The number of halogens is 1. The van der Waals surface area contributed by atoms with E-state index in [4.69, 9.17) is 0 Å². The van der Waals surface area contributed by atoms with Crippen LogP contribution < -0.4 is 10.6 Å². The monoisotopic (exact) mass is 323 g/mol. The second-order valence-corrected chi connectivity index (χ2v) is 5.25. The van der Waals surface area contributed by atoms with Crippen molar-refractivity contribution in [3.63, 3.8) is 0 Å². The third kappa shape index (κ3) is 3.84. The summed E-state index contributed by atoms with van der Waals surface area (Å²) in [5.41, 5.74) is 2.70. The Hall–Kier alpha value is -3.02. The summed E-state index contributed by atoms with van der Waals surface area (Å²) in [6.07, 6.45) is 2.42. The lowest BCUT2D eigenvalue weighted by molar-refractivity contribution is 0.613. The molecule has 1 aromatic heterocycles. The van der Waals surface area contributed by atoms with Gasteiger partial charge < -0.3 is 10.6 Å². The van der Waals surface area contributed by atoms with Gasteiger partial charge in [-0.3, -0.25) is 0 Å². The predicted molar refractivity (Wildman–Crippen MR) is 92.7 cm³/mol. The van der Waals surface area contributed by atoms with Crippen LogP contribution in [0, 0.1) is 5.82 Å². The van der Waals surface area contributed by atoms with Gasteiger partial charge in [-0.1, -0.05) is 43.3 Å². The number of rotatable bonds is 6. The molecule has 6 heteroatoms. The van der Waals surface area contributed by atoms with Crippen LogP contribution in [0.2, 0.25) is 0 Å². The Morgan fingerprint density at radius 2 is 1.75 bits per heavy atom. The Balaban J connectivity index is 1.71. The Morgan fingerprint density at radius 3 is 2.54 bits per heavy atom. The maximum absolute atomic E-state index is 13.6. The minimum atomic E-state index is -0.248. The molecule has 0 aliphatic carbocycles. The van der Waals surface area contributed by atoms with E-state index >= 15 is 0 Å². The van der Waals surface area contributed by atoms with Gasteiger partial charge in [0.2, 0.25) is 5.95 Å². The summed E-state index contributed by atoms with van der Waals surface area (Å²) in [4.78, 5) is 4.37. The van der Waals surface area contributed by atoms with Crippen molar-refractivity contribution in [1.29, 1.82) is 0 Å². The largest absolute Gasteiger partial charge is 0.364 e. The molecule has 0 amide bonds. The van der Waals surface area contributed by atoms with Crippen molar-refractivity contribution in [3.8, 4) is 0 Å². The number of hydrogen-bond donors (Lipinski definition) is 2. The minimum Gasteiger partial charge on any atom is -0.364 e. The molecule has 0 radical (unpaired) electrons. The molecule has 3 rings (SSSR count). The van der Waals surface area contributed by atoms with Crippen LogP contribution in [0.15, 0.2) is 54.7 Å². The number of aryl methyl sites for hydroxylation is 1. The van der Waals surface area contributed by atoms with Crippen LogP contribution in [0.1, 0.15) is 18.1 Å². The van der Waals surface area contributed by atoms with Crippen molar-refractivity contribution >= 4 is 17.5 Å². The van der Waals surface area contributed by atoms with Gasteiger partial charge >= 0.3 is 0 Å². The van der Waals surface area contributed by atoms with Crippen molar-refractivity contribution < 1.29 is 4.39 Å². The van der Waals surface area contributed by atoms with Gasteiger partial charge in [0.15, 0.2) is 5.82 Å². The summed E-state index contributed by atoms with van der Waals surface area (Å²) in [5.74, 6) is 0.682. The van der Waals surface area contributed by atoms with Crippen molar-refractivity contribution in [3.05, 3.63) is 71.7 Å². The molecule has 5 nitrogen and oxygen atoms in total. The molecule has 2 N–H and O–H groups in total. The number of aromatic nitrogens is 3. The van der Waals surface area contributed by atoms with E-state index in [2.05, 4.69) is 38.8 Å². The summed E-state index contributed by atoms with van der Waals surface area (Å²) >= 11 is 0. The number of benzene rings is 2. The second kappa shape index (κ2) is 7.50. The molecule has 24 heavy (non-hydrogen) atoms. The molecule has 122 valence electrons. The molecule has 0 atom stereocenters. The van der Waals surface area contributed by atoms with E-state index in [0.717, 1.165) is 12.1 Å². The highest BCUT2D eigenvalue weighted by molar-refractivity contribution is 5.58. The molecule has 0 saturated heterocycles. The van der Waals surface area contributed by atoms with Crippen LogP contribution in [0.25, 0.3) is 0 Å². The highest BCUT2D eigenvalue weighted by Gasteiger charge is 2.05. The average Bonchev–Trinajstić information content (AvgIpc) is 2.62. The van der Waals surface area contributed by atoms with E-state index in [1.165, 1.54) is 17.8 Å². The summed E-state index contributed by atoms with van der Waals surface area (Å²) in [6.45, 7) is 2.42. The fourth-order valence-corrected chi connectivity index (χ4v) is 2.34. The molecule has 0 spiro atoms. The van der Waals surface area contributed by atoms with Gasteiger partial charge in [0.1, 0.15) is 5.82 Å². The zero-order valence-electron chi connectivity index (χ0n) is 13.3. The molecular weight excluding hydrogens is 305 g/mol. The first kappa shape index (κ1) is 15.9. The van der Waals surface area contributed by atoms with Crippen LogP contribution in [-0.4, -0.2) is 15.2 Å². The van der Waals surface area contributed by atoms with Gasteiger partial charge in [0.25, 0.3) is 0 Å². The zero-order valence-corrected chi connectivity index (χ0v) is 13.3. The molecule has 0 saturated carbocycles. The van der Waals surface area contributed by atoms with Crippen LogP contribution in [0.4, 0.5) is 21.8 Å². The topological polar surface area (TPSA) is 62.7 Å². The first-order valence-corrected chi connectivity index (χ1v) is 7.78. The Bertz CT molecular complexity index is 822. The fraction of sp³-hybridized carbons (Fsp3) is 0.167. The van der Waals surface area contributed by atoms with Crippen LogP contribution >= 0.6 is 0 Å². The highest BCUT2D eigenvalue weighted by Crippen LogP contribution is 2.19. The van der Waals surface area contributed by atoms with Gasteiger partial charge in [-0.05, 0) is 24.1 Å². The van der Waals surface area contributed by atoms with Gasteiger partial charge in [0.05, 0.1) is 6.20 Å². The van der Waals surface area contributed by atoms with Gasteiger partial charge in [-0.25, -0.2) is 4.39 Å². The number of para-hydroxylation sites is 1. The third-order valence-corrected chi connectivity index (χ3v) is 3.62. The molecule has 0 aliphatic rings. The predicted octanol–water partition coefficient (Wildman–Crippen LogP) is 3.93. The molecular formula is C18H18FN5. The standard InChI is InChI=1S/C18H18FN5/c1-2-13-7-4-6-10-16(13)22-18-23-17(12-21-24-18)20-11-14-8-3-5-9-15(14)19/h3-10,12H,2,11H2,1H3,(H2,20,22,23,24). The van der Waals surface area contributed by atoms with Crippen LogP contribution in [0.3, 0.4) is 0 Å². The Labute approximate surface area is 140 Å². The van der Waals surface area contributed by atoms with Crippen molar-refractivity contribution in [2.75, 3.05) is 10.6 Å². The second-order valence-electron chi connectivity index (χ2n) is 5.25. The van der Waals surface area contributed by atoms with Gasteiger partial charge in [-0.15, -0.1) is 5.10 Å². The van der Waals surface area contributed by atoms with Gasteiger partial charge in [-0.2, -0.15) is 10.1 Å². The average molecular weight is 323 g/mol. The maximum Gasteiger partial charge on any atom is 0.249 e. The maximum atomic E-state index is 13.6. The molecule has 0 bridgehead atoms. The quantitative estimate of drug-likeness (QED) is 0.720. The third-order valence-electron chi connectivity index (χ3n) is 3.62. The van der Waals surface area contributed by atoms with Crippen LogP contribution in [-0.2, 0) is 13.0 Å². The summed E-state index contributed by atoms with van der Waals surface area (Å²) in [6, 6.07) is 14.6. The molecule has 0 fully saturated rings. The highest BCUT2D eigenvalue weighted by atomic mass is 19.1. The first-order valence-electron chi connectivity index (χ1n) is 7.78. The van der Waals surface area contributed by atoms with Crippen molar-refractivity contribution in [1.82, 2.24) is 15.2 Å². The lowest BCUT2D eigenvalue weighted by Crippen LogP contribution is -2.07. The zero-order chi connectivity index (χ0) is 16.8. The van der Waals surface area contributed by atoms with E-state index < -0.39 is 0 Å². The minimum absolute atomic E-state index is 0.248. The molecule has 0 aliphatic heterocycles. The molecule has 3 aromatic rings. The fourth-order valence-electron chi connectivity index (χ4n) is 2.34. The Morgan fingerprint density at radius 1 is 1.00 bits per heavy atom. The molecule has 1 heterocycles.